The fourth-order valence-corrected chi connectivity index (χ4v) is 6.16. The molecule has 2 aliphatic rings. The van der Waals surface area contributed by atoms with Gasteiger partial charge in [0, 0.05) is 23.7 Å². The quantitative estimate of drug-likeness (QED) is 0.209. The molecule has 2 aliphatic carbocycles. The third kappa shape index (κ3) is 6.17. The summed E-state index contributed by atoms with van der Waals surface area (Å²) in [5.41, 5.74) is 4.52. The van der Waals surface area contributed by atoms with Gasteiger partial charge < -0.3 is 24.4 Å². The molecule has 220 valence electrons. The number of benzene rings is 2. The summed E-state index contributed by atoms with van der Waals surface area (Å²) < 4.78 is 27.2. The van der Waals surface area contributed by atoms with Crippen LogP contribution in [0.2, 0.25) is 0 Å². The topological polar surface area (TPSA) is 159 Å². The van der Waals surface area contributed by atoms with Crippen LogP contribution in [0, 0.1) is 0 Å². The molecular formula is C31H29N5O6S. The number of anilines is 2. The van der Waals surface area contributed by atoms with E-state index in [2.05, 4.69) is 25.0 Å². The Kier molecular flexibility index (Phi) is 7.98. The van der Waals surface area contributed by atoms with Crippen molar-refractivity contribution in [3.05, 3.63) is 66.0 Å². The van der Waals surface area contributed by atoms with Crippen LogP contribution in [0.15, 0.2) is 59.8 Å². The van der Waals surface area contributed by atoms with E-state index < -0.39 is 17.3 Å². The number of nitrogens with one attached hydrogen (secondary N) is 2. The second-order valence-corrected chi connectivity index (χ2v) is 11.6. The number of carboxylic acids is 1. The van der Waals surface area contributed by atoms with Crippen LogP contribution in [0.4, 0.5) is 11.4 Å². The summed E-state index contributed by atoms with van der Waals surface area (Å²) in [5.74, 6) is -0.730. The maximum absolute atomic E-state index is 13.4. The Morgan fingerprint density at radius 2 is 1.88 bits per heavy atom. The van der Waals surface area contributed by atoms with E-state index >= 15 is 0 Å². The standard InChI is InChI=1S/C31H29N5O6S/c1-41-29-25(15-33-31(35-29)42-2)18-6-9-24-26(14-18)32-16-27(43(40)36-21-7-8-21)28(24)34-22-11-19(10-20(12-22)30(38)39)17-4-3-5-23(37)13-17/h6,9-16,21,36H,3-5,7-8H2,1-2H3,(H,32,34)(H,38,39). The van der Waals surface area contributed by atoms with E-state index in [-0.39, 0.29) is 23.4 Å². The second kappa shape index (κ2) is 12.0. The minimum absolute atomic E-state index is 0.0233. The molecule has 1 atom stereocenters. The van der Waals surface area contributed by atoms with E-state index in [1.165, 1.54) is 20.3 Å². The lowest BCUT2D eigenvalue weighted by Crippen LogP contribution is -2.26. The van der Waals surface area contributed by atoms with E-state index in [9.17, 15) is 19.2 Å². The fraction of sp³-hybridized carbons (Fsp3) is 0.258. The third-order valence-corrected chi connectivity index (χ3v) is 8.58. The number of pyridine rings is 1. The number of carbonyl (C=O) groups is 2. The van der Waals surface area contributed by atoms with Gasteiger partial charge in [-0.2, -0.15) is 4.98 Å². The summed E-state index contributed by atoms with van der Waals surface area (Å²) in [6.07, 6.45) is 8.52. The lowest BCUT2D eigenvalue weighted by molar-refractivity contribution is -0.114. The number of ketones is 1. The van der Waals surface area contributed by atoms with Gasteiger partial charge >= 0.3 is 12.0 Å². The van der Waals surface area contributed by atoms with Crippen molar-refractivity contribution in [3.8, 4) is 23.0 Å². The molecule has 2 aromatic heterocycles. The smallest absolute Gasteiger partial charge is 0.335 e. The van der Waals surface area contributed by atoms with Gasteiger partial charge in [0.05, 0.1) is 54.5 Å². The number of hydrogen-bond donors (Lipinski definition) is 3. The number of nitrogens with zero attached hydrogens (tertiary/aromatic N) is 3. The summed E-state index contributed by atoms with van der Waals surface area (Å²) in [5, 5.41) is 13.9. The van der Waals surface area contributed by atoms with Gasteiger partial charge in [-0.15, -0.1) is 4.72 Å². The summed E-state index contributed by atoms with van der Waals surface area (Å²) >= 11 is -1.57. The molecule has 0 spiro atoms. The van der Waals surface area contributed by atoms with Gasteiger partial charge in [-0.05, 0) is 78.8 Å². The first-order valence-electron chi connectivity index (χ1n) is 13.8. The molecule has 43 heavy (non-hydrogen) atoms. The predicted octanol–water partition coefficient (Wildman–Crippen LogP) is 5.06. The van der Waals surface area contributed by atoms with Crippen LogP contribution >= 0.6 is 0 Å². The molecule has 1 saturated carbocycles. The van der Waals surface area contributed by atoms with Gasteiger partial charge in [-0.25, -0.2) is 9.78 Å². The van der Waals surface area contributed by atoms with Crippen molar-refractivity contribution < 1.29 is 28.7 Å². The van der Waals surface area contributed by atoms with Crippen molar-refractivity contribution in [2.75, 3.05) is 19.5 Å². The number of rotatable bonds is 10. The zero-order valence-corrected chi connectivity index (χ0v) is 24.4. The Labute approximate surface area is 250 Å². The summed E-state index contributed by atoms with van der Waals surface area (Å²) in [4.78, 5) is 37.8. The van der Waals surface area contributed by atoms with E-state index in [4.69, 9.17) is 9.47 Å². The average Bonchev–Trinajstić information content (AvgIpc) is 3.84. The van der Waals surface area contributed by atoms with Gasteiger partial charge in [0.2, 0.25) is 10.8 Å². The lowest BCUT2D eigenvalue weighted by atomic mass is 9.91. The molecule has 2 heterocycles. The van der Waals surface area contributed by atoms with Crippen LogP contribution in [-0.4, -0.2) is 56.6 Å². The molecule has 0 aliphatic heterocycles. The monoisotopic (exact) mass is 599 g/mol. The van der Waals surface area contributed by atoms with Crippen molar-refractivity contribution in [3.63, 3.8) is 0 Å². The Balaban J connectivity index is 1.46. The molecule has 1 fully saturated rings. The highest BCUT2D eigenvalue weighted by atomic mass is 32.2. The minimum Gasteiger partial charge on any atom is -0.593 e. The van der Waals surface area contributed by atoms with Gasteiger partial charge in [-0.1, -0.05) is 6.07 Å². The molecule has 0 saturated heterocycles. The van der Waals surface area contributed by atoms with Crippen LogP contribution < -0.4 is 19.5 Å². The first-order valence-corrected chi connectivity index (χ1v) is 14.9. The number of aromatic carboxylic acids is 1. The van der Waals surface area contributed by atoms with Crippen molar-refractivity contribution in [2.24, 2.45) is 0 Å². The van der Waals surface area contributed by atoms with Crippen LogP contribution in [-0.2, 0) is 16.2 Å². The number of hydrogen-bond acceptors (Lipinski definition) is 10. The number of aromatic nitrogens is 3. The highest BCUT2D eigenvalue weighted by Gasteiger charge is 2.30. The Morgan fingerprint density at radius 1 is 1.05 bits per heavy atom. The van der Waals surface area contributed by atoms with Gasteiger partial charge in [-0.3, -0.25) is 9.78 Å². The maximum atomic E-state index is 13.4. The zero-order chi connectivity index (χ0) is 30.1. The summed E-state index contributed by atoms with van der Waals surface area (Å²) in [7, 11) is 2.99. The molecule has 4 aromatic rings. The predicted molar refractivity (Wildman–Crippen MR) is 162 cm³/mol. The molecule has 12 heteroatoms. The molecule has 6 rings (SSSR count). The van der Waals surface area contributed by atoms with E-state index in [0.717, 1.165) is 24.0 Å². The minimum atomic E-state index is -1.57. The molecule has 11 nitrogen and oxygen atoms in total. The Morgan fingerprint density at radius 3 is 2.60 bits per heavy atom. The fourth-order valence-electron chi connectivity index (χ4n) is 5.00. The number of allylic oxidation sites excluding steroid dienone is 2. The summed E-state index contributed by atoms with van der Waals surface area (Å²) in [6.45, 7) is 0. The third-order valence-electron chi connectivity index (χ3n) is 7.33. The first-order chi connectivity index (χ1) is 20.8. The van der Waals surface area contributed by atoms with Gasteiger partial charge in [0.15, 0.2) is 5.78 Å². The zero-order valence-electron chi connectivity index (χ0n) is 23.5. The Hall–Kier alpha value is -4.52. The SMILES string of the molecule is COc1ncc(-c2ccc3c(Nc4cc(C(=O)O)cc(C5=CC(=O)CCC5)c4)c([S+]([O-])NC4CC4)cnc3c2)c(OC)n1. The number of methoxy groups -OCH3 is 2. The molecule has 1 unspecified atom stereocenters. The van der Waals surface area contributed by atoms with E-state index in [0.29, 0.717) is 63.4 Å². The number of fused-ring (bicyclic) bond motifs is 1. The van der Waals surface area contributed by atoms with Gasteiger partial charge in [0.1, 0.15) is 5.69 Å². The van der Waals surface area contributed by atoms with Crippen LogP contribution in [0.5, 0.6) is 11.9 Å². The summed E-state index contributed by atoms with van der Waals surface area (Å²) in [6, 6.07) is 10.8. The lowest BCUT2D eigenvalue weighted by Gasteiger charge is -2.19. The largest absolute Gasteiger partial charge is 0.593 e. The molecule has 0 amide bonds. The van der Waals surface area contributed by atoms with E-state index in [1.54, 1.807) is 24.5 Å². The highest BCUT2D eigenvalue weighted by Crippen LogP contribution is 2.38. The van der Waals surface area contributed by atoms with Crippen LogP contribution in [0.25, 0.3) is 27.6 Å². The molecule has 2 aromatic carbocycles. The van der Waals surface area contributed by atoms with E-state index in [1.807, 2.05) is 24.3 Å². The first kappa shape index (κ1) is 28.6. The highest BCUT2D eigenvalue weighted by molar-refractivity contribution is 7.89. The average molecular weight is 600 g/mol. The Bertz CT molecular complexity index is 1770. The van der Waals surface area contributed by atoms with Crippen LogP contribution in [0.1, 0.15) is 48.0 Å². The van der Waals surface area contributed by atoms with Crippen molar-refractivity contribution in [1.29, 1.82) is 0 Å². The number of ether oxygens (including phenoxy) is 2. The van der Waals surface area contributed by atoms with Gasteiger partial charge in [0.25, 0.3) is 0 Å². The van der Waals surface area contributed by atoms with Crippen molar-refractivity contribution in [2.45, 2.75) is 43.0 Å². The van der Waals surface area contributed by atoms with Crippen LogP contribution in [0.3, 0.4) is 0 Å². The molecule has 3 N–H and O–H groups in total. The number of carboxylic acid groups (broad SMARTS) is 1. The normalized spacial score (nSPS) is 15.6. The van der Waals surface area contributed by atoms with Crippen molar-refractivity contribution in [1.82, 2.24) is 19.7 Å². The van der Waals surface area contributed by atoms with Crippen molar-refractivity contribution >= 4 is 51.0 Å². The molecule has 0 radical (unpaired) electrons. The molecule has 0 bridgehead atoms. The molecular weight excluding hydrogens is 570 g/mol. The number of carbonyl (C=O) groups excluding carboxylic acids is 1. The maximum Gasteiger partial charge on any atom is 0.335 e. The second-order valence-electron chi connectivity index (χ2n) is 10.4.